The van der Waals surface area contributed by atoms with E-state index in [1.54, 1.807) is 0 Å². The molecular weight excluding hydrogens is 298 g/mol. The second kappa shape index (κ2) is 7.34. The predicted molar refractivity (Wildman–Crippen MR) is 98.3 cm³/mol. The molecule has 130 valence electrons. The van der Waals surface area contributed by atoms with Crippen LogP contribution in [-0.2, 0) is 6.54 Å². The van der Waals surface area contributed by atoms with Crippen molar-refractivity contribution in [2.24, 2.45) is 5.92 Å². The number of nitrogens with zero attached hydrogens (tertiary/aromatic N) is 4. The Hall–Kier alpha value is -1.88. The number of hydrogen-bond acceptors (Lipinski definition) is 4. The molecule has 0 aliphatic carbocycles. The SMILES string of the molecule is Cc1nc(C)n(Cc2cccc(N[C@H](C)C3CCN(C)CC3)c2)n1. The number of likely N-dealkylation sites (tertiary alicyclic amines) is 1. The predicted octanol–water partition coefficient (Wildman–Crippen LogP) is 3.09. The van der Waals surface area contributed by atoms with E-state index < -0.39 is 0 Å². The van der Waals surface area contributed by atoms with E-state index in [4.69, 9.17) is 0 Å². The van der Waals surface area contributed by atoms with E-state index in [0.29, 0.717) is 6.04 Å². The van der Waals surface area contributed by atoms with E-state index in [9.17, 15) is 0 Å². The van der Waals surface area contributed by atoms with Crippen LogP contribution in [0.4, 0.5) is 5.69 Å². The van der Waals surface area contributed by atoms with Crippen LogP contribution in [0.15, 0.2) is 24.3 Å². The van der Waals surface area contributed by atoms with Gasteiger partial charge in [-0.25, -0.2) is 9.67 Å². The summed E-state index contributed by atoms with van der Waals surface area (Å²) in [5.41, 5.74) is 2.46. The fourth-order valence-corrected chi connectivity index (χ4v) is 3.55. The highest BCUT2D eigenvalue weighted by molar-refractivity contribution is 5.46. The number of anilines is 1. The van der Waals surface area contributed by atoms with Crippen LogP contribution in [0, 0.1) is 19.8 Å². The monoisotopic (exact) mass is 327 g/mol. The number of benzene rings is 1. The van der Waals surface area contributed by atoms with Crippen LogP contribution in [0.25, 0.3) is 0 Å². The van der Waals surface area contributed by atoms with E-state index in [0.717, 1.165) is 24.1 Å². The van der Waals surface area contributed by atoms with E-state index >= 15 is 0 Å². The normalized spacial score (nSPS) is 17.8. The van der Waals surface area contributed by atoms with Crippen molar-refractivity contribution < 1.29 is 0 Å². The summed E-state index contributed by atoms with van der Waals surface area (Å²) in [4.78, 5) is 6.80. The molecule has 1 N–H and O–H groups in total. The highest BCUT2D eigenvalue weighted by Gasteiger charge is 2.22. The molecular formula is C19H29N5. The summed E-state index contributed by atoms with van der Waals surface area (Å²) < 4.78 is 1.97. The molecule has 1 aliphatic rings. The first kappa shape index (κ1) is 17.0. The second-order valence-electron chi connectivity index (χ2n) is 7.14. The molecule has 1 aliphatic heterocycles. The van der Waals surface area contributed by atoms with E-state index in [2.05, 4.69) is 58.5 Å². The average molecular weight is 327 g/mol. The van der Waals surface area contributed by atoms with Crippen molar-refractivity contribution >= 4 is 5.69 Å². The van der Waals surface area contributed by atoms with Crippen molar-refractivity contribution in [3.05, 3.63) is 41.5 Å². The zero-order chi connectivity index (χ0) is 17.1. The fraction of sp³-hybridized carbons (Fsp3) is 0.579. The molecule has 2 heterocycles. The standard InChI is InChI=1S/C19H29N5/c1-14(18-8-10-23(4)11-9-18)20-19-7-5-6-17(12-19)13-24-16(3)21-15(2)22-24/h5-7,12,14,18,20H,8-11,13H2,1-4H3/t14-/m1/s1. The van der Waals surface area contributed by atoms with Gasteiger partial charge in [0.2, 0.25) is 0 Å². The second-order valence-corrected chi connectivity index (χ2v) is 7.14. The average Bonchev–Trinajstić information content (AvgIpc) is 2.86. The summed E-state index contributed by atoms with van der Waals surface area (Å²) in [5.74, 6) is 2.55. The topological polar surface area (TPSA) is 46.0 Å². The molecule has 0 radical (unpaired) electrons. The lowest BCUT2D eigenvalue weighted by Gasteiger charge is -2.33. The molecule has 1 atom stereocenters. The summed E-state index contributed by atoms with van der Waals surface area (Å²) in [5, 5.41) is 8.17. The zero-order valence-corrected chi connectivity index (χ0v) is 15.3. The zero-order valence-electron chi connectivity index (χ0n) is 15.3. The van der Waals surface area contributed by atoms with E-state index in [-0.39, 0.29) is 0 Å². The van der Waals surface area contributed by atoms with Crippen molar-refractivity contribution in [1.82, 2.24) is 19.7 Å². The summed E-state index contributed by atoms with van der Waals surface area (Å²) in [6, 6.07) is 9.18. The quantitative estimate of drug-likeness (QED) is 0.917. The van der Waals surface area contributed by atoms with Gasteiger partial charge in [0.1, 0.15) is 11.6 Å². The molecule has 5 heteroatoms. The molecule has 5 nitrogen and oxygen atoms in total. The number of aryl methyl sites for hydroxylation is 2. The van der Waals surface area contributed by atoms with Crippen LogP contribution in [0.1, 0.15) is 37.0 Å². The Morgan fingerprint density at radius 2 is 2.00 bits per heavy atom. The smallest absolute Gasteiger partial charge is 0.147 e. The first-order chi connectivity index (χ1) is 11.5. The van der Waals surface area contributed by atoms with Crippen molar-refractivity contribution in [3.8, 4) is 0 Å². The minimum atomic E-state index is 0.504. The number of aromatic nitrogens is 3. The van der Waals surface area contributed by atoms with Gasteiger partial charge in [-0.15, -0.1) is 0 Å². The van der Waals surface area contributed by atoms with Crippen molar-refractivity contribution in [3.63, 3.8) is 0 Å². The third-order valence-corrected chi connectivity index (χ3v) is 5.09. The molecule has 24 heavy (non-hydrogen) atoms. The van der Waals surface area contributed by atoms with E-state index in [1.807, 2.05) is 18.5 Å². The van der Waals surface area contributed by atoms with E-state index in [1.165, 1.54) is 37.2 Å². The molecule has 1 aromatic carbocycles. The molecule has 1 saturated heterocycles. The first-order valence-electron chi connectivity index (χ1n) is 8.93. The Bertz CT molecular complexity index is 670. The number of hydrogen-bond donors (Lipinski definition) is 1. The van der Waals surface area contributed by atoms with Crippen LogP contribution < -0.4 is 5.32 Å². The lowest BCUT2D eigenvalue weighted by molar-refractivity contribution is 0.208. The molecule has 0 unspecified atom stereocenters. The maximum absolute atomic E-state index is 4.46. The Balaban J connectivity index is 1.63. The third-order valence-electron chi connectivity index (χ3n) is 5.09. The first-order valence-corrected chi connectivity index (χ1v) is 8.93. The highest BCUT2D eigenvalue weighted by Crippen LogP contribution is 2.23. The van der Waals surface area contributed by atoms with Crippen molar-refractivity contribution in [2.45, 2.75) is 46.2 Å². The third kappa shape index (κ3) is 4.15. The van der Waals surface area contributed by atoms with Crippen molar-refractivity contribution in [2.75, 3.05) is 25.5 Å². The van der Waals surface area contributed by atoms with Gasteiger partial charge in [0, 0.05) is 11.7 Å². The van der Waals surface area contributed by atoms with Gasteiger partial charge in [-0.05, 0) is 77.4 Å². The van der Waals surface area contributed by atoms with Gasteiger partial charge < -0.3 is 10.2 Å². The fourth-order valence-electron chi connectivity index (χ4n) is 3.55. The number of nitrogens with one attached hydrogen (secondary N) is 1. The molecule has 1 fully saturated rings. The van der Waals surface area contributed by atoms with Crippen LogP contribution in [0.5, 0.6) is 0 Å². The Morgan fingerprint density at radius 1 is 1.25 bits per heavy atom. The van der Waals surface area contributed by atoms with Gasteiger partial charge in [0.15, 0.2) is 0 Å². The summed E-state index contributed by atoms with van der Waals surface area (Å²) >= 11 is 0. The lowest BCUT2D eigenvalue weighted by atomic mass is 9.90. The van der Waals surface area contributed by atoms with Gasteiger partial charge >= 0.3 is 0 Å². The van der Waals surface area contributed by atoms with Crippen LogP contribution in [-0.4, -0.2) is 45.8 Å². The number of piperidine rings is 1. The molecule has 0 bridgehead atoms. The Kier molecular flexibility index (Phi) is 5.19. The van der Waals surface area contributed by atoms with Crippen LogP contribution >= 0.6 is 0 Å². The van der Waals surface area contributed by atoms with Crippen LogP contribution in [0.3, 0.4) is 0 Å². The van der Waals surface area contributed by atoms with Gasteiger partial charge in [-0.3, -0.25) is 0 Å². The maximum Gasteiger partial charge on any atom is 0.147 e. The van der Waals surface area contributed by atoms with Gasteiger partial charge in [0.05, 0.1) is 6.54 Å². The Morgan fingerprint density at radius 3 is 2.67 bits per heavy atom. The molecule has 0 spiro atoms. The van der Waals surface area contributed by atoms with Crippen LogP contribution in [0.2, 0.25) is 0 Å². The largest absolute Gasteiger partial charge is 0.382 e. The lowest BCUT2D eigenvalue weighted by Crippen LogP contribution is -2.37. The molecule has 1 aromatic heterocycles. The summed E-state index contributed by atoms with van der Waals surface area (Å²) in [7, 11) is 2.21. The van der Waals surface area contributed by atoms with Gasteiger partial charge in [-0.1, -0.05) is 12.1 Å². The Labute approximate surface area is 145 Å². The summed E-state index contributed by atoms with van der Waals surface area (Å²) in [6.07, 6.45) is 2.56. The maximum atomic E-state index is 4.46. The van der Waals surface area contributed by atoms with Crippen molar-refractivity contribution in [1.29, 1.82) is 0 Å². The molecule has 0 saturated carbocycles. The molecule has 0 amide bonds. The molecule has 3 rings (SSSR count). The van der Waals surface area contributed by atoms with Gasteiger partial charge in [0.25, 0.3) is 0 Å². The van der Waals surface area contributed by atoms with Gasteiger partial charge in [-0.2, -0.15) is 5.10 Å². The summed E-state index contributed by atoms with van der Waals surface area (Å²) in [6.45, 7) is 9.44. The minimum absolute atomic E-state index is 0.504. The molecule has 2 aromatic rings. The highest BCUT2D eigenvalue weighted by atomic mass is 15.3. The number of rotatable bonds is 5. The minimum Gasteiger partial charge on any atom is -0.382 e.